The van der Waals surface area contributed by atoms with E-state index in [2.05, 4.69) is 82.3 Å². The molecule has 4 aromatic heterocycles. The van der Waals surface area contributed by atoms with Gasteiger partial charge in [0, 0.05) is 99.3 Å². The number of ether oxygens (including phenoxy) is 6. The maximum absolute atomic E-state index is 14.2. The number of rotatable bonds is 17. The summed E-state index contributed by atoms with van der Waals surface area (Å²) in [5.74, 6) is -3.20. The number of pyridine rings is 1. The third-order valence-electron chi connectivity index (χ3n) is 30.5. The maximum Gasteiger partial charge on any atom is 0.394 e. The number of H-pyrrole nitrogens is 1. The van der Waals surface area contributed by atoms with Gasteiger partial charge in [0.05, 0.1) is 58.6 Å². The average Bonchev–Trinajstić information content (AvgIpc) is 1.52. The van der Waals surface area contributed by atoms with E-state index >= 15 is 0 Å². The molecule has 5 unspecified atom stereocenters. The Balaban J connectivity index is 0.000000149. The summed E-state index contributed by atoms with van der Waals surface area (Å²) >= 11 is 0. The number of ketones is 1. The maximum atomic E-state index is 14.2. The molecule has 39 heteroatoms. The van der Waals surface area contributed by atoms with Crippen molar-refractivity contribution in [1.29, 1.82) is 0 Å². The molecule has 0 spiro atoms. The molecule has 0 radical (unpaired) electrons. The monoisotopic (exact) mass is 1990 g/mol. The number of esters is 1. The number of imidazole rings is 1. The Morgan fingerprint density at radius 2 is 1.35 bits per heavy atom. The molecule has 3 amide bonds. The number of likely N-dealkylation sites (N-methyl/N-ethyl adjacent to an activating group) is 1. The highest BCUT2D eigenvalue weighted by atomic mass is 35.5. The number of aromatic nitrogens is 6. The lowest BCUT2D eigenvalue weighted by atomic mass is 9.47. The van der Waals surface area contributed by atoms with E-state index in [9.17, 15) is 58.5 Å². The van der Waals surface area contributed by atoms with Crippen LogP contribution in [0.25, 0.3) is 38.4 Å². The number of hydrogen-bond acceptors (Lipinski definition) is 26. The topological polar surface area (TPSA) is 507 Å². The molecule has 2 bridgehead atoms. The van der Waals surface area contributed by atoms with Crippen LogP contribution in [-0.4, -0.2) is 271 Å². The molecule has 758 valence electrons. The molecule has 37 nitrogen and oxygen atoms in total. The fourth-order valence-corrected chi connectivity index (χ4v) is 22.9. The number of piperidine rings is 1. The fraction of sp³-hybridized carbons (Fsp3) is 0.480. The number of aryl methyl sites for hydroxylation is 2. The van der Waals surface area contributed by atoms with E-state index in [4.69, 9.17) is 66.4 Å². The molecule has 141 heavy (non-hydrogen) atoms. The Labute approximate surface area is 821 Å². The number of benzene rings is 5. The summed E-state index contributed by atoms with van der Waals surface area (Å²) in [4.78, 5) is 128. The number of nitrogens with one attached hydrogen (secondary N) is 2. The van der Waals surface area contributed by atoms with Crippen LogP contribution in [0, 0.1) is 34.5 Å². The highest BCUT2D eigenvalue weighted by molar-refractivity contribution is 7.79. The average molecular weight is 1990 g/mol. The first kappa shape index (κ1) is 106. The van der Waals surface area contributed by atoms with Gasteiger partial charge in [-0.2, -0.15) is 8.42 Å². The van der Waals surface area contributed by atoms with Crippen molar-refractivity contribution in [2.75, 3.05) is 62.2 Å². The van der Waals surface area contributed by atoms with Gasteiger partial charge >= 0.3 is 34.0 Å². The largest absolute Gasteiger partial charge is 0.493 e. The highest BCUT2D eigenvalue weighted by Gasteiger charge is 2.70. The number of carboxylic acid groups (broad SMARTS) is 2. The number of halogens is 1. The second kappa shape index (κ2) is 43.0. The van der Waals surface area contributed by atoms with E-state index in [1.165, 1.54) is 78.4 Å². The number of carbonyl (C=O) groups is 7. The van der Waals surface area contributed by atoms with Gasteiger partial charge in [0.15, 0.2) is 52.2 Å². The SMILES string of the molecule is CN1C2CCC1CC(OC(=O)C(CO)c1ccccc1)C2.CN1C[C@H](C(=O)N[C@]2(C)O[C@@]3(O)[C@@H]4CCCN4C(=O)[C@H](Cc4ccccc4)N3C2=O)C=C2c3cccc4[nH]cc(c34)C[C@H]21.COc1ccc(Cc2nccc3cc(OC)c(OC)cc23)cc1OC.C[C@]12C=CC(=O)C=C1CC[C@@H]1[C@@H]2CC[C@@]2(C)[C@H]1CC[C@]2(C)O.Cl.Cn1c(=O)c2c(ncn2C)n(C)c1=O.O=C(O)C(O)C(O)C(=O)O.O=S(=O)(O)O. The van der Waals surface area contributed by atoms with Crippen molar-refractivity contribution in [2.24, 2.45) is 55.6 Å². The van der Waals surface area contributed by atoms with Crippen LogP contribution in [0.4, 0.5) is 0 Å². The predicted octanol–water partition coefficient (Wildman–Crippen LogP) is 8.44. The van der Waals surface area contributed by atoms with Gasteiger partial charge in [-0.1, -0.05) is 110 Å². The third-order valence-corrected chi connectivity index (χ3v) is 30.5. The van der Waals surface area contributed by atoms with Crippen molar-refractivity contribution < 1.29 is 115 Å². The molecule has 5 aromatic carbocycles. The zero-order valence-electron chi connectivity index (χ0n) is 81.1. The Morgan fingerprint density at radius 3 is 1.99 bits per heavy atom. The minimum absolute atomic E-state index is 0. The summed E-state index contributed by atoms with van der Waals surface area (Å²) in [6.07, 6.45) is 22.7. The lowest BCUT2D eigenvalue weighted by molar-refractivity contribution is -0.315. The van der Waals surface area contributed by atoms with E-state index in [1.807, 2.05) is 129 Å². The summed E-state index contributed by atoms with van der Waals surface area (Å²) in [5.41, 5.74) is 7.65. The molecular weight excluding hydrogens is 1860 g/mol. The number of methoxy groups -OCH3 is 4. The number of allylic oxidation sites excluding steroid dienone is 4. The van der Waals surface area contributed by atoms with Crippen LogP contribution >= 0.6 is 12.4 Å². The standard InChI is InChI=1S/C33H35N5O5.C20H21NO4.C20H28O2.C17H23NO3.C8H10N4O2.C4H6O6.ClH.H2O4S/c1-32(35-29(39)21-15-23-22-10-6-11-24-28(22)20(17-34-24)16-25(23)36(2)18-21)31(41)38-26(14-19-8-4-3-5-9-19)30(40)37-13-7-12-27(37)33(38,42)43-32;1-22-17-6-5-13(10-18(17)23-2)9-16-15-12-20(25-4)19(24-3)11-14(15)7-8-21-16;1-18-9-6-14(21)12-13(18)4-5-15-16(18)7-10-19(2)17(15)8-11-20(19,3)22;1-18-13-7-8-14(18)10-15(9-13)21-17(20)16(11-19)12-5-3-2-4-6-12;1-10-4-9-6-5(10)7(13)12(3)8(14)11(6)2;5-1(3(7)8)2(6)4(9)10;;1-5(2,3)4/h3-6,8-11,15,17,21,25-27,34,42H,7,12-14,16,18H2,1-2H3,(H,35,39);5-8,10-12H,9H2,1-4H3;6,9,12,15-17,22H,4-5,7-8,10-11H2,1-3H3;2-6,13-16,19H,7-11H2,1H3;4H,1-3H3;1-2,5-6H,(H,7,8)(H,9,10);1H;(H2,1,2,3,4)/t21-,25-,26+,27+,32-,33+;;15-,16+,17+,18+,19+,20+;;;;;/m1.1...../s1. The van der Waals surface area contributed by atoms with Crippen LogP contribution < -0.4 is 35.5 Å². The number of carboxylic acids is 2. The van der Waals surface area contributed by atoms with Crippen LogP contribution in [0.5, 0.6) is 23.0 Å². The van der Waals surface area contributed by atoms with Crippen molar-refractivity contribution in [1.82, 2.24) is 53.6 Å². The zero-order chi connectivity index (χ0) is 101. The first-order valence-electron chi connectivity index (χ1n) is 46.8. The second-order valence-corrected chi connectivity index (χ2v) is 39.6. The minimum Gasteiger partial charge on any atom is -0.493 e. The normalized spacial score (nSPS) is 27.5. The first-order chi connectivity index (χ1) is 66.3. The Morgan fingerprint density at radius 1 is 0.716 bits per heavy atom. The van der Waals surface area contributed by atoms with Crippen molar-refractivity contribution in [3.63, 3.8) is 0 Å². The number of aliphatic hydroxyl groups is 5. The Kier molecular flexibility index (Phi) is 32.4. The van der Waals surface area contributed by atoms with Crippen molar-refractivity contribution in [2.45, 2.75) is 196 Å². The number of amides is 3. The summed E-state index contributed by atoms with van der Waals surface area (Å²) in [5, 5.41) is 71.2. The van der Waals surface area contributed by atoms with Gasteiger partial charge in [-0.15, -0.1) is 12.4 Å². The lowest BCUT2D eigenvalue weighted by Crippen LogP contribution is -2.71. The van der Waals surface area contributed by atoms with Crippen LogP contribution in [-0.2, 0) is 93.8 Å². The van der Waals surface area contributed by atoms with Gasteiger partial charge in [-0.3, -0.25) is 66.5 Å². The first-order valence-corrected chi connectivity index (χ1v) is 48.2. The highest BCUT2D eigenvalue weighted by Crippen LogP contribution is 2.67. The van der Waals surface area contributed by atoms with Gasteiger partial charge in [-0.25, -0.2) is 19.4 Å². The number of hydrogen-bond donors (Lipinski definition) is 11. The van der Waals surface area contributed by atoms with Crippen LogP contribution in [0.2, 0.25) is 0 Å². The zero-order valence-corrected chi connectivity index (χ0v) is 82.7. The number of aliphatic carboxylic acids is 2. The predicted molar refractivity (Wildman–Crippen MR) is 522 cm³/mol. The van der Waals surface area contributed by atoms with Crippen LogP contribution in [0.3, 0.4) is 0 Å². The molecule has 11 N–H and O–H groups in total. The van der Waals surface area contributed by atoms with Gasteiger partial charge in [0.2, 0.25) is 17.5 Å². The van der Waals surface area contributed by atoms with E-state index in [1.54, 1.807) is 58.1 Å². The summed E-state index contributed by atoms with van der Waals surface area (Å²) in [6.45, 7) is 8.97. The molecule has 5 saturated heterocycles. The number of aliphatic hydroxyl groups excluding tert-OH is 3. The Hall–Kier alpha value is -12.0. The number of fused-ring (bicyclic) bond motifs is 14. The second-order valence-electron chi connectivity index (χ2n) is 38.7. The molecule has 10 heterocycles. The quantitative estimate of drug-likeness (QED) is 0.0301. The number of carbonyl (C=O) groups excluding carboxylic acids is 5. The van der Waals surface area contributed by atoms with Gasteiger partial charge in [-0.05, 0) is 222 Å². The van der Waals surface area contributed by atoms with Crippen molar-refractivity contribution in [3.8, 4) is 23.0 Å². The van der Waals surface area contributed by atoms with Crippen LogP contribution in [0.15, 0.2) is 173 Å². The summed E-state index contributed by atoms with van der Waals surface area (Å²) in [6, 6.07) is 36.4. The molecule has 20 rings (SSSR count). The van der Waals surface area contributed by atoms with Gasteiger partial charge in [0.1, 0.15) is 24.1 Å². The van der Waals surface area contributed by atoms with E-state index in [-0.39, 0.29) is 83.2 Å². The van der Waals surface area contributed by atoms with Crippen molar-refractivity contribution in [3.05, 3.63) is 218 Å². The van der Waals surface area contributed by atoms with Crippen LogP contribution in [0.1, 0.15) is 144 Å². The molecule has 17 atom stereocenters. The number of piperazine rings is 1. The van der Waals surface area contributed by atoms with Gasteiger partial charge < -0.3 is 84.1 Å². The summed E-state index contributed by atoms with van der Waals surface area (Å²) < 4.78 is 69.0. The van der Waals surface area contributed by atoms with E-state index in [0.29, 0.717) is 96.4 Å². The number of aromatic amines is 1. The van der Waals surface area contributed by atoms with Gasteiger partial charge in [0.25, 0.3) is 17.4 Å². The molecule has 6 aliphatic heterocycles. The van der Waals surface area contributed by atoms with E-state index < -0.39 is 81.6 Å². The minimum atomic E-state index is -4.67. The smallest absolute Gasteiger partial charge is 0.394 e. The number of nitrogens with zero attached hydrogens (tertiary/aromatic N) is 9. The molecule has 5 aliphatic carbocycles. The van der Waals surface area contributed by atoms with Crippen molar-refractivity contribution >= 4 is 103 Å². The lowest BCUT2D eigenvalue weighted by Gasteiger charge is -2.57. The third kappa shape index (κ3) is 21.5. The van der Waals surface area contributed by atoms with E-state index in [0.717, 1.165) is 92.9 Å². The molecular formula is C102H126ClN11O26S. The molecule has 9 aromatic rings. The molecule has 3 saturated carbocycles. The molecule has 11 aliphatic rings. The fourth-order valence-electron chi connectivity index (χ4n) is 22.9. The summed E-state index contributed by atoms with van der Waals surface area (Å²) in [7, 11) is 10.8. The Bertz CT molecular complexity index is 6490. The molecule has 8 fully saturated rings.